The first-order valence-electron chi connectivity index (χ1n) is 5.05. The van der Waals surface area contributed by atoms with Gasteiger partial charge in [0, 0.05) is 19.8 Å². The maximum absolute atomic E-state index is 5.47. The minimum Gasteiger partial charge on any atom is -0.382 e. The second kappa shape index (κ2) is 7.17. The number of ether oxygens (including phenoxy) is 2. The number of methoxy groups -OCH3 is 1. The molecule has 0 fully saturated rings. The van der Waals surface area contributed by atoms with Crippen LogP contribution in [0.25, 0.3) is 0 Å². The van der Waals surface area contributed by atoms with Crippen LogP contribution in [0.1, 0.15) is 27.2 Å². The van der Waals surface area contributed by atoms with E-state index in [9.17, 15) is 0 Å². The molecule has 0 amide bonds. The summed E-state index contributed by atoms with van der Waals surface area (Å²) in [6.07, 6.45) is 0.920. The van der Waals surface area contributed by atoms with E-state index in [-0.39, 0.29) is 11.5 Å². The smallest absolute Gasteiger partial charge is 0.0700 e. The third-order valence-electron chi connectivity index (χ3n) is 2.23. The number of hydrazine groups is 1. The fourth-order valence-electron chi connectivity index (χ4n) is 1.21. The third kappa shape index (κ3) is 6.32. The largest absolute Gasteiger partial charge is 0.382 e. The summed E-state index contributed by atoms with van der Waals surface area (Å²) < 4.78 is 10.3. The van der Waals surface area contributed by atoms with Crippen LogP contribution in [0, 0.1) is 5.41 Å². The van der Waals surface area contributed by atoms with E-state index in [1.54, 1.807) is 7.11 Å². The summed E-state index contributed by atoms with van der Waals surface area (Å²) in [7, 11) is 1.67. The van der Waals surface area contributed by atoms with Crippen molar-refractivity contribution in [3.05, 3.63) is 0 Å². The first kappa shape index (κ1) is 13.8. The Morgan fingerprint density at radius 1 is 1.21 bits per heavy atom. The first-order chi connectivity index (χ1) is 6.52. The molecule has 0 saturated carbocycles. The number of hydrogen-bond acceptors (Lipinski definition) is 4. The summed E-state index contributed by atoms with van der Waals surface area (Å²) >= 11 is 0. The highest BCUT2D eigenvalue weighted by atomic mass is 16.5. The maximum atomic E-state index is 5.47. The average Bonchev–Trinajstić information content (AvgIpc) is 2.09. The molecule has 1 unspecified atom stereocenters. The van der Waals surface area contributed by atoms with E-state index in [1.807, 2.05) is 0 Å². The summed E-state index contributed by atoms with van der Waals surface area (Å²) in [6, 6.07) is 0.282. The van der Waals surface area contributed by atoms with E-state index < -0.39 is 0 Å². The van der Waals surface area contributed by atoms with Gasteiger partial charge in [0.05, 0.1) is 13.2 Å². The molecule has 1 atom stereocenters. The number of nitrogens with two attached hydrogens (primary N) is 1. The fourth-order valence-corrected chi connectivity index (χ4v) is 1.21. The molecule has 0 spiro atoms. The minimum atomic E-state index is 0.166. The second-order valence-corrected chi connectivity index (χ2v) is 4.48. The lowest BCUT2D eigenvalue weighted by atomic mass is 9.85. The summed E-state index contributed by atoms with van der Waals surface area (Å²) in [5, 5.41) is 0. The predicted octanol–water partition coefficient (Wildman–Crippen LogP) is 0.917. The van der Waals surface area contributed by atoms with Crippen LogP contribution in [0.3, 0.4) is 0 Å². The van der Waals surface area contributed by atoms with E-state index >= 15 is 0 Å². The van der Waals surface area contributed by atoms with Crippen molar-refractivity contribution < 1.29 is 9.47 Å². The lowest BCUT2D eigenvalue weighted by molar-refractivity contribution is 0.0593. The van der Waals surface area contributed by atoms with E-state index in [4.69, 9.17) is 15.3 Å². The van der Waals surface area contributed by atoms with Crippen LogP contribution in [0.2, 0.25) is 0 Å². The molecule has 0 saturated heterocycles. The zero-order valence-corrected chi connectivity index (χ0v) is 9.80. The van der Waals surface area contributed by atoms with E-state index in [0.29, 0.717) is 13.2 Å². The predicted molar refractivity (Wildman–Crippen MR) is 57.9 cm³/mol. The van der Waals surface area contributed by atoms with Gasteiger partial charge in [-0.2, -0.15) is 0 Å². The van der Waals surface area contributed by atoms with Gasteiger partial charge < -0.3 is 9.47 Å². The molecule has 0 bridgehead atoms. The Balaban J connectivity index is 3.54. The quantitative estimate of drug-likeness (QED) is 0.368. The zero-order valence-electron chi connectivity index (χ0n) is 9.80. The second-order valence-electron chi connectivity index (χ2n) is 4.48. The summed E-state index contributed by atoms with van der Waals surface area (Å²) in [5.74, 6) is 5.47. The highest BCUT2D eigenvalue weighted by Gasteiger charge is 2.22. The van der Waals surface area contributed by atoms with Crippen molar-refractivity contribution in [1.82, 2.24) is 5.43 Å². The zero-order chi connectivity index (χ0) is 11.0. The SMILES string of the molecule is COCCOCCC(NN)C(C)(C)C. The Morgan fingerprint density at radius 2 is 1.86 bits per heavy atom. The maximum Gasteiger partial charge on any atom is 0.0700 e. The molecular weight excluding hydrogens is 180 g/mol. The fraction of sp³-hybridized carbons (Fsp3) is 1.00. The summed E-state index contributed by atoms with van der Waals surface area (Å²) in [5.41, 5.74) is 2.99. The van der Waals surface area contributed by atoms with Crippen molar-refractivity contribution in [3.63, 3.8) is 0 Å². The number of hydrogen-bond donors (Lipinski definition) is 2. The Labute approximate surface area is 87.1 Å². The minimum absolute atomic E-state index is 0.166. The topological polar surface area (TPSA) is 56.5 Å². The van der Waals surface area contributed by atoms with Gasteiger partial charge in [-0.3, -0.25) is 11.3 Å². The van der Waals surface area contributed by atoms with Crippen LogP contribution in [-0.4, -0.2) is 33.0 Å². The molecular formula is C10H24N2O2. The Kier molecular flexibility index (Phi) is 7.09. The Bertz CT molecular complexity index is 135. The van der Waals surface area contributed by atoms with Gasteiger partial charge in [-0.05, 0) is 11.8 Å². The van der Waals surface area contributed by atoms with E-state index in [1.165, 1.54) is 0 Å². The van der Waals surface area contributed by atoms with Gasteiger partial charge in [0.25, 0.3) is 0 Å². The first-order valence-corrected chi connectivity index (χ1v) is 5.05. The molecule has 0 aromatic heterocycles. The molecule has 0 heterocycles. The van der Waals surface area contributed by atoms with Crippen molar-refractivity contribution >= 4 is 0 Å². The molecule has 3 N–H and O–H groups in total. The number of nitrogens with one attached hydrogen (secondary N) is 1. The average molecular weight is 204 g/mol. The molecule has 86 valence electrons. The molecule has 0 aliphatic carbocycles. The van der Waals surface area contributed by atoms with Crippen molar-refractivity contribution in [2.24, 2.45) is 11.3 Å². The van der Waals surface area contributed by atoms with Gasteiger partial charge >= 0.3 is 0 Å². The summed E-state index contributed by atoms with van der Waals surface area (Å²) in [4.78, 5) is 0. The molecule has 0 aliphatic rings. The molecule has 0 rings (SSSR count). The molecule has 0 aromatic carbocycles. The number of rotatable bonds is 7. The van der Waals surface area contributed by atoms with Gasteiger partial charge in [-0.25, -0.2) is 0 Å². The van der Waals surface area contributed by atoms with E-state index in [2.05, 4.69) is 26.2 Å². The third-order valence-corrected chi connectivity index (χ3v) is 2.23. The van der Waals surface area contributed by atoms with Crippen molar-refractivity contribution in [3.8, 4) is 0 Å². The molecule has 0 radical (unpaired) electrons. The van der Waals surface area contributed by atoms with Gasteiger partial charge in [-0.15, -0.1) is 0 Å². The van der Waals surface area contributed by atoms with Gasteiger partial charge in [0.15, 0.2) is 0 Å². The van der Waals surface area contributed by atoms with Crippen LogP contribution in [0.15, 0.2) is 0 Å². The lowest BCUT2D eigenvalue weighted by Crippen LogP contribution is -2.45. The monoisotopic (exact) mass is 204 g/mol. The van der Waals surface area contributed by atoms with Crippen LogP contribution in [0.4, 0.5) is 0 Å². The standard InChI is InChI=1S/C10H24N2O2/c1-10(2,3)9(12-11)5-6-14-8-7-13-4/h9,12H,5-8,11H2,1-4H3. The van der Waals surface area contributed by atoms with Crippen LogP contribution in [0.5, 0.6) is 0 Å². The van der Waals surface area contributed by atoms with Crippen molar-refractivity contribution in [2.45, 2.75) is 33.2 Å². The molecule has 4 heteroatoms. The summed E-state index contributed by atoms with van der Waals surface area (Å²) in [6.45, 7) is 8.50. The van der Waals surface area contributed by atoms with Crippen molar-refractivity contribution in [1.29, 1.82) is 0 Å². The Hall–Kier alpha value is -0.160. The highest BCUT2D eigenvalue weighted by molar-refractivity contribution is 4.78. The van der Waals surface area contributed by atoms with Crippen LogP contribution >= 0.6 is 0 Å². The van der Waals surface area contributed by atoms with E-state index in [0.717, 1.165) is 13.0 Å². The molecule has 0 aliphatic heterocycles. The van der Waals surface area contributed by atoms with Gasteiger partial charge in [0.1, 0.15) is 0 Å². The van der Waals surface area contributed by atoms with Crippen molar-refractivity contribution in [2.75, 3.05) is 26.9 Å². The van der Waals surface area contributed by atoms with Gasteiger partial charge in [-0.1, -0.05) is 20.8 Å². The normalized spacial score (nSPS) is 14.4. The highest BCUT2D eigenvalue weighted by Crippen LogP contribution is 2.20. The van der Waals surface area contributed by atoms with Crippen LogP contribution in [-0.2, 0) is 9.47 Å². The van der Waals surface area contributed by atoms with Gasteiger partial charge in [0.2, 0.25) is 0 Å². The Morgan fingerprint density at radius 3 is 2.29 bits per heavy atom. The lowest BCUT2D eigenvalue weighted by Gasteiger charge is -2.29. The molecule has 14 heavy (non-hydrogen) atoms. The molecule has 4 nitrogen and oxygen atoms in total. The van der Waals surface area contributed by atoms with Crippen LogP contribution < -0.4 is 11.3 Å². The molecule has 0 aromatic rings.